The molecule has 0 spiro atoms. The average Bonchev–Trinajstić information content (AvgIpc) is 3.66. The number of rotatable bonds is 2. The van der Waals surface area contributed by atoms with Crippen LogP contribution in [-0.4, -0.2) is 14.9 Å². The van der Waals surface area contributed by atoms with Crippen molar-refractivity contribution in [3.63, 3.8) is 0 Å². The minimum Gasteiger partial charge on any atom is -0.179 e. The van der Waals surface area contributed by atoms with E-state index in [4.69, 9.17) is 7.74 Å². The molecule has 234 valence electrons. The molecule has 0 nitrogen and oxygen atoms in total. The maximum absolute atomic E-state index is 4.72. The summed E-state index contributed by atoms with van der Waals surface area (Å²) < 4.78 is 0. The van der Waals surface area contributed by atoms with Gasteiger partial charge < -0.3 is 0 Å². The molecule has 0 amide bonds. The van der Waals surface area contributed by atoms with Gasteiger partial charge in [0.25, 0.3) is 0 Å². The molecule has 0 N–H and O–H groups in total. The van der Waals surface area contributed by atoms with E-state index in [-0.39, 0.29) is 38.1 Å². The summed E-state index contributed by atoms with van der Waals surface area (Å²) in [5.41, 5.74) is 14.4. The standard InChI is InChI=1S/C36H30.3C2H6.CH3B2.Y/c1-3-7-32-24(5-1)18-26-9-11-28(20-34(26)32)36(30-14-22-13-23(16-30)17-31(36)15-22)29-12-10-27-19-25-6-2-4-8-33(25)35(27)21-29;3*1-2;1-3-2;/h1-11,21-23,30-31H,13-19H2;3*1-2H3;1H3;/q-2;;;;;. The van der Waals surface area contributed by atoms with E-state index in [9.17, 15) is 0 Å². The van der Waals surface area contributed by atoms with Crippen LogP contribution in [0.5, 0.6) is 0 Å². The van der Waals surface area contributed by atoms with Crippen LogP contribution < -0.4 is 0 Å². The summed E-state index contributed by atoms with van der Waals surface area (Å²) in [6, 6.07) is 35.9. The Kier molecular flexibility index (Phi) is 13.2. The fourth-order valence-corrected chi connectivity index (χ4v) is 9.53. The Morgan fingerprint density at radius 2 is 1.15 bits per heavy atom. The molecule has 0 unspecified atom stereocenters. The van der Waals surface area contributed by atoms with Gasteiger partial charge in [-0.15, -0.1) is 52.8 Å². The van der Waals surface area contributed by atoms with E-state index in [0.29, 0.717) is 11.8 Å². The third-order valence-electron chi connectivity index (χ3n) is 10.7. The Morgan fingerprint density at radius 3 is 1.76 bits per heavy atom. The quantitative estimate of drug-likeness (QED) is 0.126. The molecule has 10 rings (SSSR count). The molecule has 6 aliphatic carbocycles. The van der Waals surface area contributed by atoms with E-state index in [0.717, 1.165) is 24.7 Å². The third-order valence-corrected chi connectivity index (χ3v) is 10.7. The van der Waals surface area contributed by atoms with Gasteiger partial charge in [0.1, 0.15) is 0 Å². The van der Waals surface area contributed by atoms with Gasteiger partial charge in [0.2, 0.25) is 0 Å². The number of hydrogen-bond acceptors (Lipinski definition) is 0. The molecular formula is C43H51B2Y-2. The molecule has 4 bridgehead atoms. The Morgan fingerprint density at radius 1 is 0.630 bits per heavy atom. The largest absolute Gasteiger partial charge is 0.179 e. The molecule has 4 aromatic carbocycles. The average molecular weight is 678 g/mol. The maximum Gasteiger partial charge on any atom is 0.0502 e. The van der Waals surface area contributed by atoms with Crippen LogP contribution in [0.15, 0.2) is 72.8 Å². The van der Waals surface area contributed by atoms with Crippen LogP contribution in [-0.2, 0) is 51.0 Å². The van der Waals surface area contributed by atoms with Gasteiger partial charge in [-0.25, -0.2) is 0 Å². The first kappa shape index (κ1) is 36.9. The molecule has 3 heteroatoms. The second-order valence-corrected chi connectivity index (χ2v) is 12.7. The normalized spacial score (nSPS) is 24.2. The minimum atomic E-state index is 0. The summed E-state index contributed by atoms with van der Waals surface area (Å²) in [6.07, 6.45) is 9.12. The molecule has 0 heterocycles. The van der Waals surface area contributed by atoms with Crippen LogP contribution in [0.2, 0.25) is 6.82 Å². The van der Waals surface area contributed by atoms with Crippen LogP contribution in [0.3, 0.4) is 0 Å². The first-order chi connectivity index (χ1) is 22.2. The van der Waals surface area contributed by atoms with Crippen LogP contribution in [0.4, 0.5) is 0 Å². The topological polar surface area (TPSA) is 0 Å². The maximum atomic E-state index is 4.72. The molecule has 4 aromatic rings. The Hall–Kier alpha value is -1.89. The van der Waals surface area contributed by atoms with Crippen molar-refractivity contribution in [2.45, 2.75) is 98.7 Å². The predicted molar refractivity (Wildman–Crippen MR) is 196 cm³/mol. The summed E-state index contributed by atoms with van der Waals surface area (Å²) in [6.45, 7) is 13.8. The molecule has 6 aliphatic rings. The van der Waals surface area contributed by atoms with Crippen molar-refractivity contribution in [3.8, 4) is 22.3 Å². The monoisotopic (exact) mass is 678 g/mol. The SMILES string of the molecule is CC.CC.CC.[B][B]C.[Y].[c-]1cc2c(cc1C1(c3[c-]c4c(cc3)Cc3ccccc3-4)C3CC4CC(C3)CC1C4)-c1ccccc1C2. The van der Waals surface area contributed by atoms with Crippen molar-refractivity contribution < 1.29 is 32.7 Å². The van der Waals surface area contributed by atoms with Crippen molar-refractivity contribution in [1.29, 1.82) is 0 Å². The van der Waals surface area contributed by atoms with Crippen molar-refractivity contribution in [2.75, 3.05) is 0 Å². The number of hydrogen-bond donors (Lipinski definition) is 0. The molecule has 4 fully saturated rings. The van der Waals surface area contributed by atoms with E-state index in [1.54, 1.807) is 6.82 Å². The van der Waals surface area contributed by atoms with E-state index in [1.807, 2.05) is 41.5 Å². The summed E-state index contributed by atoms with van der Waals surface area (Å²) in [5.74, 6) is 3.30. The van der Waals surface area contributed by atoms with Crippen molar-refractivity contribution in [1.82, 2.24) is 0 Å². The van der Waals surface area contributed by atoms with Gasteiger partial charge in [0.05, 0.1) is 7.17 Å². The molecule has 4 saturated carbocycles. The fraction of sp³-hybridized carbons (Fsp3) is 0.442. The van der Waals surface area contributed by atoms with Crippen molar-refractivity contribution in [3.05, 3.63) is 118 Å². The van der Waals surface area contributed by atoms with Gasteiger partial charge in [-0.1, -0.05) is 101 Å². The molecule has 0 saturated heterocycles. The van der Waals surface area contributed by atoms with E-state index in [2.05, 4.69) is 84.9 Å². The van der Waals surface area contributed by atoms with Gasteiger partial charge in [0, 0.05) is 40.4 Å². The summed E-state index contributed by atoms with van der Waals surface area (Å²) in [4.78, 5) is 0. The summed E-state index contributed by atoms with van der Waals surface area (Å²) in [5, 5.41) is 0. The van der Waals surface area contributed by atoms with Crippen LogP contribution in [0, 0.1) is 35.8 Å². The van der Waals surface area contributed by atoms with Crippen molar-refractivity contribution in [2.24, 2.45) is 23.7 Å². The van der Waals surface area contributed by atoms with Crippen molar-refractivity contribution >= 4 is 14.9 Å². The van der Waals surface area contributed by atoms with E-state index < -0.39 is 0 Å². The zero-order valence-electron chi connectivity index (χ0n) is 29.4. The molecule has 0 aromatic heterocycles. The van der Waals surface area contributed by atoms with Gasteiger partial charge >= 0.3 is 0 Å². The smallest absolute Gasteiger partial charge is 0.0502 e. The Bertz CT molecular complexity index is 1460. The second-order valence-electron chi connectivity index (χ2n) is 12.7. The van der Waals surface area contributed by atoms with Crippen LogP contribution in [0.1, 0.15) is 107 Å². The predicted octanol–water partition coefficient (Wildman–Crippen LogP) is 11.1. The molecule has 46 heavy (non-hydrogen) atoms. The number of fused-ring (bicyclic) bond motifs is 6. The minimum absolute atomic E-state index is 0. The Labute approximate surface area is 308 Å². The molecule has 0 atom stereocenters. The van der Waals surface area contributed by atoms with Crippen LogP contribution >= 0.6 is 0 Å². The van der Waals surface area contributed by atoms with Gasteiger partial charge in [-0.2, -0.15) is 23.8 Å². The van der Waals surface area contributed by atoms with E-state index in [1.165, 1.54) is 94.9 Å². The zero-order chi connectivity index (χ0) is 32.1. The van der Waals surface area contributed by atoms with Gasteiger partial charge in [-0.3, -0.25) is 0 Å². The van der Waals surface area contributed by atoms with E-state index >= 15 is 0 Å². The first-order valence-electron chi connectivity index (χ1n) is 18.0. The van der Waals surface area contributed by atoms with Gasteiger partial charge in [0.15, 0.2) is 0 Å². The molecule has 0 aliphatic heterocycles. The second kappa shape index (κ2) is 16.5. The van der Waals surface area contributed by atoms with Gasteiger partial charge in [-0.05, 0) is 85.2 Å². The van der Waals surface area contributed by atoms with Crippen LogP contribution in [0.25, 0.3) is 22.3 Å². The fourth-order valence-electron chi connectivity index (χ4n) is 9.53. The molecule has 4 radical (unpaired) electrons. The summed E-state index contributed by atoms with van der Waals surface area (Å²) in [7, 11) is 6.22. The third kappa shape index (κ3) is 6.32. The summed E-state index contributed by atoms with van der Waals surface area (Å²) >= 11 is 0. The Balaban J connectivity index is 0.000000442. The first-order valence-corrected chi connectivity index (χ1v) is 18.0. The number of benzene rings is 4. The zero-order valence-corrected chi connectivity index (χ0v) is 32.3. The molecular weight excluding hydrogens is 627 g/mol.